The summed E-state index contributed by atoms with van der Waals surface area (Å²) in [5, 5.41) is 0. The molecule has 0 saturated carbocycles. The van der Waals surface area contributed by atoms with E-state index in [9.17, 15) is 0 Å². The zero-order valence-corrected chi connectivity index (χ0v) is 5.24. The van der Waals surface area contributed by atoms with E-state index in [2.05, 4.69) is 4.98 Å². The van der Waals surface area contributed by atoms with Crippen molar-refractivity contribution in [3.8, 4) is 0 Å². The molecule has 0 saturated heterocycles. The van der Waals surface area contributed by atoms with Gasteiger partial charge in [0, 0.05) is 0 Å². The average molecular weight is 134 g/mol. The topological polar surface area (TPSA) is 52.0 Å². The number of aromatic nitrogens is 1. The van der Waals surface area contributed by atoms with E-state index in [0.717, 1.165) is 11.1 Å². The lowest BCUT2D eigenvalue weighted by atomic mass is 10.3. The Bertz CT molecular complexity index is 353. The maximum Gasteiger partial charge on any atom is 0.182 e. The quantitative estimate of drug-likeness (QED) is 0.554. The molecular weight excluding hydrogens is 128 g/mol. The molecule has 0 radical (unpaired) electrons. The molecule has 1 aromatic heterocycles. The molecule has 0 atom stereocenters. The van der Waals surface area contributed by atoms with E-state index in [1.807, 2.05) is 12.1 Å². The highest BCUT2D eigenvalue weighted by Gasteiger charge is 1.98. The Hall–Kier alpha value is -1.51. The van der Waals surface area contributed by atoms with Crippen molar-refractivity contribution in [2.24, 2.45) is 0 Å². The van der Waals surface area contributed by atoms with E-state index in [0.29, 0.717) is 5.69 Å². The van der Waals surface area contributed by atoms with Crippen LogP contribution in [-0.4, -0.2) is 4.98 Å². The van der Waals surface area contributed by atoms with Crippen molar-refractivity contribution in [3.63, 3.8) is 0 Å². The van der Waals surface area contributed by atoms with Crippen molar-refractivity contribution in [3.05, 3.63) is 24.6 Å². The zero-order valence-electron chi connectivity index (χ0n) is 5.24. The van der Waals surface area contributed by atoms with E-state index in [1.54, 1.807) is 6.07 Å². The molecule has 50 valence electrons. The van der Waals surface area contributed by atoms with Crippen molar-refractivity contribution in [2.75, 3.05) is 5.73 Å². The molecule has 0 aliphatic heterocycles. The van der Waals surface area contributed by atoms with E-state index in [4.69, 9.17) is 10.2 Å². The minimum atomic E-state index is 0.659. The molecule has 2 aromatic rings. The molecule has 0 aliphatic carbocycles. The lowest BCUT2D eigenvalue weighted by Gasteiger charge is -1.89. The van der Waals surface area contributed by atoms with Crippen LogP contribution in [0.5, 0.6) is 0 Å². The van der Waals surface area contributed by atoms with Gasteiger partial charge < -0.3 is 10.2 Å². The zero-order chi connectivity index (χ0) is 6.97. The molecule has 0 unspecified atom stereocenters. The Kier molecular flexibility index (Phi) is 0.917. The van der Waals surface area contributed by atoms with Gasteiger partial charge in [0.25, 0.3) is 0 Å². The van der Waals surface area contributed by atoms with Gasteiger partial charge in [0.15, 0.2) is 12.0 Å². The van der Waals surface area contributed by atoms with Crippen LogP contribution in [0.3, 0.4) is 0 Å². The summed E-state index contributed by atoms with van der Waals surface area (Å²) in [6.45, 7) is 0. The number of anilines is 1. The van der Waals surface area contributed by atoms with Crippen LogP contribution in [0, 0.1) is 0 Å². The molecule has 2 N–H and O–H groups in total. The highest BCUT2D eigenvalue weighted by atomic mass is 16.3. The van der Waals surface area contributed by atoms with Gasteiger partial charge in [-0.1, -0.05) is 6.07 Å². The minimum Gasteiger partial charge on any atom is -0.443 e. The second-order valence-corrected chi connectivity index (χ2v) is 2.05. The fourth-order valence-electron chi connectivity index (χ4n) is 0.908. The first-order valence-corrected chi connectivity index (χ1v) is 2.95. The number of nitrogens with zero attached hydrogens (tertiary/aromatic N) is 1. The molecule has 10 heavy (non-hydrogen) atoms. The van der Waals surface area contributed by atoms with Gasteiger partial charge in [0.1, 0.15) is 5.52 Å². The second kappa shape index (κ2) is 1.73. The summed E-state index contributed by atoms with van der Waals surface area (Å²) < 4.78 is 5.01. The summed E-state index contributed by atoms with van der Waals surface area (Å²) in [5.41, 5.74) is 7.71. The summed E-state index contributed by atoms with van der Waals surface area (Å²) in [5.74, 6) is 0. The van der Waals surface area contributed by atoms with Crippen LogP contribution in [-0.2, 0) is 0 Å². The van der Waals surface area contributed by atoms with Gasteiger partial charge in [-0.3, -0.25) is 0 Å². The smallest absolute Gasteiger partial charge is 0.182 e. The van der Waals surface area contributed by atoms with Gasteiger partial charge in [0.05, 0.1) is 5.69 Å². The molecule has 2 rings (SSSR count). The van der Waals surface area contributed by atoms with Crippen LogP contribution < -0.4 is 5.73 Å². The third-order valence-corrected chi connectivity index (χ3v) is 1.39. The Morgan fingerprint density at radius 2 is 2.30 bits per heavy atom. The SMILES string of the molecule is Nc1cccc2ocnc12. The highest BCUT2D eigenvalue weighted by molar-refractivity contribution is 5.84. The molecule has 3 heteroatoms. The largest absolute Gasteiger partial charge is 0.443 e. The van der Waals surface area contributed by atoms with E-state index in [-0.39, 0.29) is 0 Å². The maximum absolute atomic E-state index is 5.58. The first kappa shape index (κ1) is 5.29. The van der Waals surface area contributed by atoms with Crippen molar-refractivity contribution < 1.29 is 4.42 Å². The molecule has 0 spiro atoms. The van der Waals surface area contributed by atoms with Crippen molar-refractivity contribution >= 4 is 16.8 Å². The first-order chi connectivity index (χ1) is 4.88. The maximum atomic E-state index is 5.58. The van der Waals surface area contributed by atoms with Crippen molar-refractivity contribution in [1.29, 1.82) is 0 Å². The van der Waals surface area contributed by atoms with E-state index in [1.165, 1.54) is 6.39 Å². The number of fused-ring (bicyclic) bond motifs is 1. The standard InChI is InChI=1S/C7H6N2O/c8-5-2-1-3-6-7(5)9-4-10-6/h1-4H,8H2. The van der Waals surface area contributed by atoms with Crippen LogP contribution in [0.15, 0.2) is 29.0 Å². The van der Waals surface area contributed by atoms with Crippen molar-refractivity contribution in [2.45, 2.75) is 0 Å². The van der Waals surface area contributed by atoms with Crippen LogP contribution in [0.1, 0.15) is 0 Å². The number of para-hydroxylation sites is 1. The van der Waals surface area contributed by atoms with Gasteiger partial charge in [0.2, 0.25) is 0 Å². The number of hydrogen-bond acceptors (Lipinski definition) is 3. The Balaban J connectivity index is 2.95. The summed E-state index contributed by atoms with van der Waals surface area (Å²) in [6, 6.07) is 5.46. The van der Waals surface area contributed by atoms with Gasteiger partial charge in [-0.25, -0.2) is 4.98 Å². The third kappa shape index (κ3) is 0.572. The molecule has 0 amide bonds. The molecule has 1 heterocycles. The molecule has 0 fully saturated rings. The Labute approximate surface area is 57.5 Å². The van der Waals surface area contributed by atoms with Crippen LogP contribution in [0.25, 0.3) is 11.1 Å². The number of rotatable bonds is 0. The molecule has 1 aromatic carbocycles. The van der Waals surface area contributed by atoms with Gasteiger partial charge in [-0.2, -0.15) is 0 Å². The number of hydrogen-bond donors (Lipinski definition) is 1. The third-order valence-electron chi connectivity index (χ3n) is 1.39. The Morgan fingerprint density at radius 1 is 1.40 bits per heavy atom. The monoisotopic (exact) mass is 134 g/mol. The van der Waals surface area contributed by atoms with Crippen LogP contribution in [0.2, 0.25) is 0 Å². The van der Waals surface area contributed by atoms with E-state index < -0.39 is 0 Å². The average Bonchev–Trinajstić information content (AvgIpc) is 2.36. The van der Waals surface area contributed by atoms with Crippen LogP contribution >= 0.6 is 0 Å². The summed E-state index contributed by atoms with van der Waals surface area (Å²) in [6.07, 6.45) is 1.39. The Morgan fingerprint density at radius 3 is 3.10 bits per heavy atom. The van der Waals surface area contributed by atoms with Gasteiger partial charge in [-0.15, -0.1) is 0 Å². The lowest BCUT2D eigenvalue weighted by Crippen LogP contribution is -1.84. The van der Waals surface area contributed by atoms with Gasteiger partial charge in [-0.05, 0) is 12.1 Å². The number of oxazole rings is 1. The highest BCUT2D eigenvalue weighted by Crippen LogP contribution is 2.17. The molecule has 0 bridgehead atoms. The molecule has 0 aliphatic rings. The number of benzene rings is 1. The fraction of sp³-hybridized carbons (Fsp3) is 0. The molecular formula is C7H6N2O. The normalized spacial score (nSPS) is 10.4. The molecule has 3 nitrogen and oxygen atoms in total. The van der Waals surface area contributed by atoms with Gasteiger partial charge >= 0.3 is 0 Å². The summed E-state index contributed by atoms with van der Waals surface area (Å²) in [7, 11) is 0. The minimum absolute atomic E-state index is 0.659. The lowest BCUT2D eigenvalue weighted by molar-refractivity contribution is 0.602. The first-order valence-electron chi connectivity index (χ1n) is 2.95. The van der Waals surface area contributed by atoms with Crippen molar-refractivity contribution in [1.82, 2.24) is 4.98 Å². The number of nitrogens with two attached hydrogens (primary N) is 1. The van der Waals surface area contributed by atoms with E-state index >= 15 is 0 Å². The number of nitrogen functional groups attached to an aromatic ring is 1. The second-order valence-electron chi connectivity index (χ2n) is 2.05. The predicted molar refractivity (Wildman–Crippen MR) is 38.4 cm³/mol. The summed E-state index contributed by atoms with van der Waals surface area (Å²) in [4.78, 5) is 3.93. The fourth-order valence-corrected chi connectivity index (χ4v) is 0.908. The predicted octanol–water partition coefficient (Wildman–Crippen LogP) is 1.41. The van der Waals surface area contributed by atoms with Crippen LogP contribution in [0.4, 0.5) is 5.69 Å². The summed E-state index contributed by atoms with van der Waals surface area (Å²) >= 11 is 0.